The first kappa shape index (κ1) is 27.6. The van der Waals surface area contributed by atoms with Crippen molar-refractivity contribution in [1.29, 1.82) is 0 Å². The van der Waals surface area contributed by atoms with E-state index in [1.54, 1.807) is 22.3 Å². The van der Waals surface area contributed by atoms with Crippen LogP contribution in [0.25, 0.3) is 0 Å². The molecule has 0 amide bonds. The predicted octanol–water partition coefficient (Wildman–Crippen LogP) is 4.72. The molecule has 2 N–H and O–H groups in total. The van der Waals surface area contributed by atoms with Gasteiger partial charge in [0.25, 0.3) is 0 Å². The lowest BCUT2D eigenvalue weighted by molar-refractivity contribution is -0.134. The maximum absolute atomic E-state index is 9.55. The van der Waals surface area contributed by atoms with Crippen LogP contribution in [0.2, 0.25) is 0 Å². The number of benzene rings is 2. The van der Waals surface area contributed by atoms with Gasteiger partial charge in [-0.15, -0.1) is 0 Å². The van der Waals surface area contributed by atoms with Crippen LogP contribution in [-0.4, -0.2) is 58.1 Å². The van der Waals surface area contributed by atoms with Crippen LogP contribution in [0, 0.1) is 0 Å². The van der Waals surface area contributed by atoms with Crippen molar-refractivity contribution in [1.82, 2.24) is 9.80 Å². The third-order valence-electron chi connectivity index (χ3n) is 7.13. The van der Waals surface area contributed by atoms with Gasteiger partial charge in [0.2, 0.25) is 0 Å². The van der Waals surface area contributed by atoms with Gasteiger partial charge in [-0.2, -0.15) is 0 Å². The second kappa shape index (κ2) is 14.0. The van der Waals surface area contributed by atoms with Crippen LogP contribution in [0.15, 0.2) is 48.6 Å². The zero-order valence-electron chi connectivity index (χ0n) is 21.7. The van der Waals surface area contributed by atoms with Crippen molar-refractivity contribution in [2.45, 2.75) is 65.5 Å². The standard InChI is InChI=1S/C26H36N2.C4H4O4/c1-3-27(4-2)15-16-28(19-21-11-13-23-7-5-9-25(23)17-21)20-22-12-14-24-8-6-10-26(24)18-22;5-3(6)1-2-4(7)8/h11-14,17-18H,3-10,15-16,19-20H2,1-2H3;1-2H,(H,5,6)(H,7,8)/b;2-1+. The molecule has 4 rings (SSSR count). The molecule has 194 valence electrons. The monoisotopic (exact) mass is 492 g/mol. The van der Waals surface area contributed by atoms with E-state index in [0.29, 0.717) is 12.2 Å². The van der Waals surface area contributed by atoms with Gasteiger partial charge in [0.05, 0.1) is 0 Å². The largest absolute Gasteiger partial charge is 0.478 e. The molecule has 0 bridgehead atoms. The van der Waals surface area contributed by atoms with Crippen molar-refractivity contribution < 1.29 is 19.8 Å². The van der Waals surface area contributed by atoms with Gasteiger partial charge in [0.15, 0.2) is 0 Å². The highest BCUT2D eigenvalue weighted by molar-refractivity contribution is 5.89. The van der Waals surface area contributed by atoms with Crippen LogP contribution >= 0.6 is 0 Å². The van der Waals surface area contributed by atoms with Gasteiger partial charge in [0, 0.05) is 38.3 Å². The van der Waals surface area contributed by atoms with Crippen molar-refractivity contribution in [2.24, 2.45) is 0 Å². The lowest BCUT2D eigenvalue weighted by Crippen LogP contribution is -2.34. The topological polar surface area (TPSA) is 81.1 Å². The van der Waals surface area contributed by atoms with Crippen molar-refractivity contribution in [3.8, 4) is 0 Å². The lowest BCUT2D eigenvalue weighted by atomic mass is 10.0. The molecule has 0 saturated heterocycles. The summed E-state index contributed by atoms with van der Waals surface area (Å²) in [5.41, 5.74) is 9.33. The van der Waals surface area contributed by atoms with Gasteiger partial charge in [-0.05, 0) is 85.0 Å². The molecule has 0 heterocycles. The fourth-order valence-electron chi connectivity index (χ4n) is 5.14. The van der Waals surface area contributed by atoms with Gasteiger partial charge < -0.3 is 15.1 Å². The summed E-state index contributed by atoms with van der Waals surface area (Å²) in [4.78, 5) is 24.3. The molecule has 0 aliphatic heterocycles. The van der Waals surface area contributed by atoms with Crippen LogP contribution in [0.5, 0.6) is 0 Å². The van der Waals surface area contributed by atoms with Crippen LogP contribution in [0.4, 0.5) is 0 Å². The predicted molar refractivity (Wildman–Crippen MR) is 143 cm³/mol. The van der Waals surface area contributed by atoms with E-state index in [1.807, 2.05) is 0 Å². The molecule has 0 saturated carbocycles. The van der Waals surface area contributed by atoms with E-state index in [0.717, 1.165) is 39.3 Å². The molecule has 0 fully saturated rings. The Morgan fingerprint density at radius 2 is 1.11 bits per heavy atom. The Kier molecular flexibility index (Phi) is 10.7. The number of nitrogens with zero attached hydrogens (tertiary/aromatic N) is 2. The highest BCUT2D eigenvalue weighted by Crippen LogP contribution is 2.25. The lowest BCUT2D eigenvalue weighted by Gasteiger charge is -2.27. The number of carboxylic acid groups (broad SMARTS) is 2. The highest BCUT2D eigenvalue weighted by atomic mass is 16.4. The molecule has 6 heteroatoms. The second-order valence-corrected chi connectivity index (χ2v) is 9.66. The van der Waals surface area contributed by atoms with Crippen LogP contribution in [0.3, 0.4) is 0 Å². The molecule has 6 nitrogen and oxygen atoms in total. The molecule has 0 unspecified atom stereocenters. The number of carbonyl (C=O) groups is 2. The van der Waals surface area contributed by atoms with Gasteiger partial charge in [-0.1, -0.05) is 50.2 Å². The van der Waals surface area contributed by atoms with Crippen LogP contribution in [0.1, 0.15) is 60.1 Å². The average molecular weight is 493 g/mol. The zero-order valence-corrected chi connectivity index (χ0v) is 21.7. The zero-order chi connectivity index (χ0) is 25.9. The molecule has 2 aliphatic carbocycles. The summed E-state index contributed by atoms with van der Waals surface area (Å²) in [5.74, 6) is -2.51. The third kappa shape index (κ3) is 8.61. The third-order valence-corrected chi connectivity index (χ3v) is 7.13. The first-order chi connectivity index (χ1) is 17.4. The molecule has 2 aliphatic rings. The van der Waals surface area contributed by atoms with E-state index in [1.165, 1.54) is 49.7 Å². The Bertz CT molecular complexity index is 983. The molecule has 2 aromatic rings. The van der Waals surface area contributed by atoms with E-state index in [2.05, 4.69) is 60.0 Å². The first-order valence-electron chi connectivity index (χ1n) is 13.2. The van der Waals surface area contributed by atoms with Crippen molar-refractivity contribution >= 4 is 11.9 Å². The van der Waals surface area contributed by atoms with E-state index in [-0.39, 0.29) is 0 Å². The molecular weight excluding hydrogens is 452 g/mol. The quantitative estimate of drug-likeness (QED) is 0.442. The van der Waals surface area contributed by atoms with Crippen molar-refractivity contribution in [3.63, 3.8) is 0 Å². The molecule has 0 radical (unpaired) electrons. The Hall–Kier alpha value is -2.96. The number of aryl methyl sites for hydroxylation is 4. The molecule has 0 spiro atoms. The minimum Gasteiger partial charge on any atom is -0.478 e. The maximum atomic E-state index is 9.55. The van der Waals surface area contributed by atoms with E-state index in [4.69, 9.17) is 10.2 Å². The normalized spacial score (nSPS) is 14.1. The average Bonchev–Trinajstić information content (AvgIpc) is 3.52. The summed E-state index contributed by atoms with van der Waals surface area (Å²) in [6, 6.07) is 14.5. The fraction of sp³-hybridized carbons (Fsp3) is 0.467. The molecule has 0 atom stereocenters. The summed E-state index contributed by atoms with van der Waals surface area (Å²) in [7, 11) is 0. The second-order valence-electron chi connectivity index (χ2n) is 9.66. The number of hydrogen-bond donors (Lipinski definition) is 2. The number of likely N-dealkylation sites (N-methyl/N-ethyl adjacent to an activating group) is 1. The van der Waals surface area contributed by atoms with Gasteiger partial charge in [-0.3, -0.25) is 4.90 Å². The summed E-state index contributed by atoms with van der Waals surface area (Å²) < 4.78 is 0. The Morgan fingerprint density at radius 1 is 0.694 bits per heavy atom. The highest BCUT2D eigenvalue weighted by Gasteiger charge is 2.15. The SMILES string of the molecule is CCN(CC)CCN(Cc1ccc2c(c1)CCC2)Cc1ccc2c(c1)CCC2.O=C(O)/C=C/C(=O)O. The molecular formula is C30H40N2O4. The van der Waals surface area contributed by atoms with Crippen LogP contribution in [-0.2, 0) is 48.4 Å². The van der Waals surface area contributed by atoms with Gasteiger partial charge in [-0.25, -0.2) is 9.59 Å². The first-order valence-corrected chi connectivity index (χ1v) is 13.2. The molecule has 2 aromatic carbocycles. The summed E-state index contributed by atoms with van der Waals surface area (Å²) in [6.45, 7) is 11.2. The number of carboxylic acids is 2. The van der Waals surface area contributed by atoms with Crippen molar-refractivity contribution in [2.75, 3.05) is 26.2 Å². The maximum Gasteiger partial charge on any atom is 0.328 e. The minimum atomic E-state index is -1.26. The van der Waals surface area contributed by atoms with Crippen LogP contribution < -0.4 is 0 Å². The Morgan fingerprint density at radius 3 is 1.53 bits per heavy atom. The van der Waals surface area contributed by atoms with E-state index in [9.17, 15) is 9.59 Å². The summed E-state index contributed by atoms with van der Waals surface area (Å²) >= 11 is 0. The molecule has 0 aromatic heterocycles. The Labute approximate surface area is 215 Å². The Balaban J connectivity index is 0.000000392. The fourth-order valence-corrected chi connectivity index (χ4v) is 5.14. The summed E-state index contributed by atoms with van der Waals surface area (Å²) in [5, 5.41) is 15.6. The molecule has 36 heavy (non-hydrogen) atoms. The van der Waals surface area contributed by atoms with E-state index >= 15 is 0 Å². The minimum absolute atomic E-state index is 0.558. The number of hydrogen-bond acceptors (Lipinski definition) is 4. The number of rotatable bonds is 11. The summed E-state index contributed by atoms with van der Waals surface area (Å²) in [6.07, 6.45) is 8.87. The van der Waals surface area contributed by atoms with Gasteiger partial charge >= 0.3 is 11.9 Å². The number of aliphatic carboxylic acids is 2. The van der Waals surface area contributed by atoms with E-state index < -0.39 is 11.9 Å². The van der Waals surface area contributed by atoms with Crippen molar-refractivity contribution in [3.05, 3.63) is 81.9 Å². The smallest absolute Gasteiger partial charge is 0.328 e. The van der Waals surface area contributed by atoms with Gasteiger partial charge in [0.1, 0.15) is 0 Å². The number of fused-ring (bicyclic) bond motifs is 2.